The van der Waals surface area contributed by atoms with Crippen LogP contribution in [0.5, 0.6) is 0 Å². The molecule has 0 aliphatic carbocycles. The Bertz CT molecular complexity index is 173. The molecule has 0 bridgehead atoms. The first kappa shape index (κ1) is 19.4. The SMILES string of the molecule is CC(C)C[SiH](CC(C)C)[N][SiH](CC(C)C)CC(C)C. The molecule has 0 saturated carbocycles. The van der Waals surface area contributed by atoms with E-state index >= 15 is 0 Å². The molecule has 0 aromatic heterocycles. The summed E-state index contributed by atoms with van der Waals surface area (Å²) in [6, 6.07) is 5.71. The summed E-state index contributed by atoms with van der Waals surface area (Å²) in [7, 11) is -1.68. The van der Waals surface area contributed by atoms with Gasteiger partial charge in [-0.1, -0.05) is 55.4 Å². The van der Waals surface area contributed by atoms with Crippen LogP contribution in [0.2, 0.25) is 24.2 Å². The summed E-state index contributed by atoms with van der Waals surface area (Å²) in [5, 5.41) is 0. The zero-order valence-electron chi connectivity index (χ0n) is 14.7. The Morgan fingerprint density at radius 2 is 0.737 bits per heavy atom. The molecule has 0 amide bonds. The van der Waals surface area contributed by atoms with Gasteiger partial charge in [0.1, 0.15) is 17.9 Å². The van der Waals surface area contributed by atoms with Gasteiger partial charge in [-0.3, -0.25) is 0 Å². The van der Waals surface area contributed by atoms with Gasteiger partial charge in [-0.05, 0) is 47.8 Å². The lowest BCUT2D eigenvalue weighted by molar-refractivity contribution is 0.671. The zero-order valence-corrected chi connectivity index (χ0v) is 17.0. The Balaban J connectivity index is 4.51. The molecule has 0 aromatic carbocycles. The van der Waals surface area contributed by atoms with Gasteiger partial charge in [0.2, 0.25) is 0 Å². The molecule has 0 unspecified atom stereocenters. The highest BCUT2D eigenvalue weighted by Gasteiger charge is 2.23. The van der Waals surface area contributed by atoms with Crippen LogP contribution in [-0.2, 0) is 0 Å². The average molecular weight is 301 g/mol. The highest BCUT2D eigenvalue weighted by atomic mass is 28.3. The summed E-state index contributed by atoms with van der Waals surface area (Å²) < 4.78 is 5.51. The molecule has 1 nitrogen and oxygen atoms in total. The Morgan fingerprint density at radius 1 is 0.526 bits per heavy atom. The van der Waals surface area contributed by atoms with Crippen molar-refractivity contribution in [3.63, 3.8) is 0 Å². The molecule has 0 saturated heterocycles. The van der Waals surface area contributed by atoms with E-state index in [-0.39, 0.29) is 0 Å². The molecule has 0 atom stereocenters. The molecule has 0 aromatic rings. The lowest BCUT2D eigenvalue weighted by atomic mass is 10.3. The van der Waals surface area contributed by atoms with Crippen LogP contribution in [0.1, 0.15) is 55.4 Å². The molecule has 0 N–H and O–H groups in total. The zero-order chi connectivity index (χ0) is 15.0. The second-order valence-corrected chi connectivity index (χ2v) is 13.7. The fourth-order valence-corrected chi connectivity index (χ4v) is 12.0. The predicted molar refractivity (Wildman–Crippen MR) is 95.0 cm³/mol. The topological polar surface area (TPSA) is 14.1 Å². The van der Waals surface area contributed by atoms with Gasteiger partial charge in [0.05, 0.1) is 0 Å². The lowest BCUT2D eigenvalue weighted by Crippen LogP contribution is -2.41. The normalized spacial score (nSPS) is 12.9. The molecule has 0 fully saturated rings. The lowest BCUT2D eigenvalue weighted by Gasteiger charge is -2.27. The van der Waals surface area contributed by atoms with Crippen LogP contribution >= 0.6 is 0 Å². The maximum Gasteiger partial charge on any atom is 0.119 e. The molecule has 3 heteroatoms. The van der Waals surface area contributed by atoms with E-state index in [1.165, 1.54) is 24.2 Å². The number of hydrogen-bond donors (Lipinski definition) is 0. The molecular weight excluding hydrogens is 262 g/mol. The molecule has 0 aliphatic heterocycles. The van der Waals surface area contributed by atoms with Gasteiger partial charge in [-0.25, -0.2) is 0 Å². The van der Waals surface area contributed by atoms with E-state index in [9.17, 15) is 0 Å². The van der Waals surface area contributed by atoms with Crippen molar-refractivity contribution < 1.29 is 0 Å². The van der Waals surface area contributed by atoms with Gasteiger partial charge in [-0.15, -0.1) is 0 Å². The van der Waals surface area contributed by atoms with Gasteiger partial charge in [-0.2, -0.15) is 0 Å². The highest BCUT2D eigenvalue weighted by Crippen LogP contribution is 2.18. The van der Waals surface area contributed by atoms with Crippen molar-refractivity contribution in [2.75, 3.05) is 0 Å². The van der Waals surface area contributed by atoms with Crippen molar-refractivity contribution in [1.29, 1.82) is 0 Å². The first-order valence-corrected chi connectivity index (χ1v) is 12.7. The third-order valence-electron chi connectivity index (χ3n) is 3.40. The van der Waals surface area contributed by atoms with Gasteiger partial charge in [0.25, 0.3) is 0 Å². The minimum absolute atomic E-state index is 0.838. The molecule has 0 spiro atoms. The van der Waals surface area contributed by atoms with Crippen LogP contribution < -0.4 is 4.65 Å². The summed E-state index contributed by atoms with van der Waals surface area (Å²) in [4.78, 5) is 0. The third-order valence-corrected chi connectivity index (χ3v) is 12.7. The van der Waals surface area contributed by atoms with E-state index in [1.54, 1.807) is 0 Å². The van der Waals surface area contributed by atoms with Crippen LogP contribution in [-0.4, -0.2) is 17.9 Å². The standard InChI is InChI=1S/C16H38NSi2/c1-13(2)9-18(10-14(3)4)17-19(11-15(5)6)12-16(7)8/h13-16,18-19H,9-12H2,1-8H3. The van der Waals surface area contributed by atoms with Crippen LogP contribution in [0.25, 0.3) is 0 Å². The molecule has 115 valence electrons. The third kappa shape index (κ3) is 11.9. The minimum Gasteiger partial charge on any atom is -0.301 e. The number of nitrogens with zero attached hydrogens (tertiary/aromatic N) is 1. The summed E-state index contributed by atoms with van der Waals surface area (Å²) in [5.41, 5.74) is 0. The maximum atomic E-state index is 5.51. The largest absolute Gasteiger partial charge is 0.301 e. The summed E-state index contributed by atoms with van der Waals surface area (Å²) >= 11 is 0. The van der Waals surface area contributed by atoms with Gasteiger partial charge >= 0.3 is 0 Å². The quantitative estimate of drug-likeness (QED) is 0.521. The van der Waals surface area contributed by atoms with Gasteiger partial charge in [0, 0.05) is 0 Å². The first-order valence-electron chi connectivity index (χ1n) is 8.40. The van der Waals surface area contributed by atoms with Crippen LogP contribution in [0.15, 0.2) is 0 Å². The van der Waals surface area contributed by atoms with Crippen molar-refractivity contribution in [3.05, 3.63) is 0 Å². The van der Waals surface area contributed by atoms with Crippen molar-refractivity contribution in [2.45, 2.75) is 79.6 Å². The Labute approximate surface area is 126 Å². The van der Waals surface area contributed by atoms with E-state index in [0.717, 1.165) is 23.7 Å². The van der Waals surface area contributed by atoms with E-state index in [0.29, 0.717) is 0 Å². The highest BCUT2D eigenvalue weighted by molar-refractivity contribution is 6.72. The van der Waals surface area contributed by atoms with Crippen LogP contribution in [0.3, 0.4) is 0 Å². The van der Waals surface area contributed by atoms with Crippen molar-refractivity contribution in [3.8, 4) is 0 Å². The molecule has 1 radical (unpaired) electrons. The second-order valence-electron chi connectivity index (χ2n) is 7.97. The summed E-state index contributed by atoms with van der Waals surface area (Å²) in [6.07, 6.45) is 0. The Hall–Kier alpha value is 0.394. The van der Waals surface area contributed by atoms with E-state index in [2.05, 4.69) is 55.4 Å². The first-order chi connectivity index (χ1) is 8.70. The van der Waals surface area contributed by atoms with Crippen molar-refractivity contribution >= 4 is 17.9 Å². The van der Waals surface area contributed by atoms with E-state index < -0.39 is 17.9 Å². The van der Waals surface area contributed by atoms with Crippen LogP contribution in [0.4, 0.5) is 0 Å². The van der Waals surface area contributed by atoms with Crippen molar-refractivity contribution in [2.24, 2.45) is 23.7 Å². The monoisotopic (exact) mass is 300 g/mol. The smallest absolute Gasteiger partial charge is 0.119 e. The maximum absolute atomic E-state index is 5.51. The van der Waals surface area contributed by atoms with Gasteiger partial charge < -0.3 is 4.65 Å². The Morgan fingerprint density at radius 3 is 0.895 bits per heavy atom. The second kappa shape index (κ2) is 10.2. The number of rotatable bonds is 10. The van der Waals surface area contributed by atoms with Gasteiger partial charge in [0.15, 0.2) is 0 Å². The van der Waals surface area contributed by atoms with Crippen LogP contribution in [0, 0.1) is 23.7 Å². The van der Waals surface area contributed by atoms with E-state index in [1.807, 2.05) is 0 Å². The molecule has 0 aliphatic rings. The van der Waals surface area contributed by atoms with E-state index in [4.69, 9.17) is 4.65 Å². The van der Waals surface area contributed by atoms with Crippen molar-refractivity contribution in [1.82, 2.24) is 4.65 Å². The summed E-state index contributed by atoms with van der Waals surface area (Å²) in [5.74, 6) is 3.36. The molecule has 0 rings (SSSR count). The number of hydrogen-bond acceptors (Lipinski definition) is 0. The minimum atomic E-state index is -0.838. The average Bonchev–Trinajstić information content (AvgIpc) is 2.11. The molecule has 19 heavy (non-hydrogen) atoms. The molecule has 0 heterocycles. The predicted octanol–water partition coefficient (Wildman–Crippen LogP) is 4.66. The fraction of sp³-hybridized carbons (Fsp3) is 1.00. The molecular formula is C16H38NSi2. The summed E-state index contributed by atoms with van der Waals surface area (Å²) in [6.45, 7) is 19.0. The fourth-order valence-electron chi connectivity index (χ4n) is 2.91. The Kier molecular flexibility index (Phi) is 10.4.